The van der Waals surface area contributed by atoms with E-state index in [1.54, 1.807) is 11.3 Å². The molecule has 0 unspecified atom stereocenters. The summed E-state index contributed by atoms with van der Waals surface area (Å²) in [5.74, 6) is 0.791. The van der Waals surface area contributed by atoms with Crippen molar-refractivity contribution >= 4 is 33.0 Å². The molecule has 0 aliphatic carbocycles. The lowest BCUT2D eigenvalue weighted by Crippen LogP contribution is -2.14. The van der Waals surface area contributed by atoms with Crippen LogP contribution in [0.1, 0.15) is 31.6 Å². The van der Waals surface area contributed by atoms with Crippen LogP contribution in [-0.4, -0.2) is 6.54 Å². The Morgan fingerprint density at radius 2 is 2.06 bits per heavy atom. The number of halogens is 1. The standard InChI is InChI=1S/C15H20ClNS/c1-11(2)6-5-9-17-10-14-15(16)12-7-3-4-8-13(12)18-14/h3-4,7-8,11,17H,5-6,9-10H2,1-2H3. The molecular formula is C15H20ClNS. The summed E-state index contributed by atoms with van der Waals surface area (Å²) in [6, 6.07) is 8.33. The Bertz CT molecular complexity index is 504. The van der Waals surface area contributed by atoms with E-state index in [0.29, 0.717) is 0 Å². The molecule has 18 heavy (non-hydrogen) atoms. The van der Waals surface area contributed by atoms with Gasteiger partial charge in [0.05, 0.1) is 5.02 Å². The van der Waals surface area contributed by atoms with Gasteiger partial charge in [0.15, 0.2) is 0 Å². The largest absolute Gasteiger partial charge is 0.312 e. The summed E-state index contributed by atoms with van der Waals surface area (Å²) in [5.41, 5.74) is 0. The molecule has 1 aromatic carbocycles. The van der Waals surface area contributed by atoms with Crippen LogP contribution in [0.25, 0.3) is 10.1 Å². The topological polar surface area (TPSA) is 12.0 Å². The minimum atomic E-state index is 0.791. The van der Waals surface area contributed by atoms with Gasteiger partial charge < -0.3 is 5.32 Å². The first-order valence-electron chi connectivity index (χ1n) is 6.55. The molecule has 0 saturated heterocycles. The monoisotopic (exact) mass is 281 g/mol. The quantitative estimate of drug-likeness (QED) is 0.728. The number of benzene rings is 1. The van der Waals surface area contributed by atoms with E-state index in [1.165, 1.54) is 27.8 Å². The summed E-state index contributed by atoms with van der Waals surface area (Å²) in [7, 11) is 0. The minimum absolute atomic E-state index is 0.791. The van der Waals surface area contributed by atoms with Gasteiger partial charge in [0, 0.05) is 21.5 Å². The first-order chi connectivity index (χ1) is 8.68. The third-order valence-corrected chi connectivity index (χ3v) is 4.74. The molecule has 0 aliphatic rings. The number of thiophene rings is 1. The van der Waals surface area contributed by atoms with Gasteiger partial charge in [-0.05, 0) is 31.4 Å². The number of nitrogens with one attached hydrogen (secondary N) is 1. The Morgan fingerprint density at radius 3 is 2.78 bits per heavy atom. The normalized spacial score (nSPS) is 11.6. The lowest BCUT2D eigenvalue weighted by Gasteiger charge is -2.05. The molecule has 1 nitrogen and oxygen atoms in total. The van der Waals surface area contributed by atoms with E-state index in [0.717, 1.165) is 24.0 Å². The molecule has 0 amide bonds. The minimum Gasteiger partial charge on any atom is -0.312 e. The van der Waals surface area contributed by atoms with E-state index in [4.69, 9.17) is 11.6 Å². The first-order valence-corrected chi connectivity index (χ1v) is 7.74. The Kier molecular flexibility index (Phi) is 5.04. The maximum absolute atomic E-state index is 6.39. The lowest BCUT2D eigenvalue weighted by molar-refractivity contribution is 0.528. The van der Waals surface area contributed by atoms with Crippen molar-refractivity contribution in [2.75, 3.05) is 6.54 Å². The zero-order valence-corrected chi connectivity index (χ0v) is 12.6. The maximum atomic E-state index is 6.39. The average molecular weight is 282 g/mol. The van der Waals surface area contributed by atoms with Gasteiger partial charge in [-0.1, -0.05) is 43.6 Å². The van der Waals surface area contributed by atoms with E-state index >= 15 is 0 Å². The van der Waals surface area contributed by atoms with Crippen LogP contribution in [-0.2, 0) is 6.54 Å². The molecular weight excluding hydrogens is 262 g/mol. The fourth-order valence-electron chi connectivity index (χ4n) is 2.02. The second-order valence-corrected chi connectivity index (χ2v) is 6.56. The highest BCUT2D eigenvalue weighted by Gasteiger charge is 2.08. The van der Waals surface area contributed by atoms with Crippen molar-refractivity contribution in [2.24, 2.45) is 5.92 Å². The molecule has 0 saturated carbocycles. The summed E-state index contributed by atoms with van der Waals surface area (Å²) in [4.78, 5) is 1.25. The second-order valence-electron chi connectivity index (χ2n) is 5.05. The molecule has 2 rings (SSSR count). The van der Waals surface area contributed by atoms with Crippen molar-refractivity contribution in [2.45, 2.75) is 33.2 Å². The Hall–Kier alpha value is -0.570. The average Bonchev–Trinajstić information content (AvgIpc) is 2.66. The van der Waals surface area contributed by atoms with Gasteiger partial charge in [-0.2, -0.15) is 0 Å². The Labute approximate surface area is 118 Å². The molecule has 0 atom stereocenters. The fraction of sp³-hybridized carbons (Fsp3) is 0.467. The molecule has 3 heteroatoms. The first kappa shape index (κ1) is 13.9. The van der Waals surface area contributed by atoms with Crippen LogP contribution in [0, 0.1) is 5.92 Å². The van der Waals surface area contributed by atoms with Crippen LogP contribution < -0.4 is 5.32 Å². The predicted molar refractivity (Wildman–Crippen MR) is 82.6 cm³/mol. The molecule has 2 aromatic rings. The Balaban J connectivity index is 1.90. The molecule has 98 valence electrons. The zero-order valence-electron chi connectivity index (χ0n) is 11.0. The van der Waals surface area contributed by atoms with Gasteiger partial charge in [0.1, 0.15) is 0 Å². The van der Waals surface area contributed by atoms with Gasteiger partial charge in [-0.15, -0.1) is 11.3 Å². The van der Waals surface area contributed by atoms with Crippen LogP contribution in [0.5, 0.6) is 0 Å². The molecule has 0 fully saturated rings. The zero-order chi connectivity index (χ0) is 13.0. The van der Waals surface area contributed by atoms with Crippen molar-refractivity contribution in [3.63, 3.8) is 0 Å². The summed E-state index contributed by atoms with van der Waals surface area (Å²) in [6.45, 7) is 6.49. The van der Waals surface area contributed by atoms with E-state index in [2.05, 4.69) is 37.4 Å². The Morgan fingerprint density at radius 1 is 1.28 bits per heavy atom. The van der Waals surface area contributed by atoms with Crippen LogP contribution in [0.15, 0.2) is 24.3 Å². The molecule has 0 aliphatic heterocycles. The van der Waals surface area contributed by atoms with Gasteiger partial charge in [0.25, 0.3) is 0 Å². The molecule has 1 aromatic heterocycles. The third kappa shape index (κ3) is 3.47. The van der Waals surface area contributed by atoms with Gasteiger partial charge >= 0.3 is 0 Å². The van der Waals surface area contributed by atoms with E-state index in [1.807, 2.05) is 6.07 Å². The number of fused-ring (bicyclic) bond motifs is 1. The maximum Gasteiger partial charge on any atom is 0.0636 e. The van der Waals surface area contributed by atoms with E-state index in [-0.39, 0.29) is 0 Å². The van der Waals surface area contributed by atoms with Gasteiger partial charge in [0.2, 0.25) is 0 Å². The van der Waals surface area contributed by atoms with Crippen LogP contribution in [0.2, 0.25) is 5.02 Å². The SMILES string of the molecule is CC(C)CCCNCc1sc2ccccc2c1Cl. The summed E-state index contributed by atoms with van der Waals surface area (Å²) >= 11 is 8.18. The molecule has 1 N–H and O–H groups in total. The van der Waals surface area contributed by atoms with Crippen LogP contribution in [0.3, 0.4) is 0 Å². The second kappa shape index (κ2) is 6.55. The fourth-order valence-corrected chi connectivity index (χ4v) is 3.48. The molecule has 0 bridgehead atoms. The summed E-state index contributed by atoms with van der Waals surface area (Å²) in [5, 5.41) is 5.59. The third-order valence-electron chi connectivity index (χ3n) is 3.02. The van der Waals surface area contributed by atoms with Crippen molar-refractivity contribution in [1.29, 1.82) is 0 Å². The smallest absolute Gasteiger partial charge is 0.0636 e. The van der Waals surface area contributed by atoms with Crippen LogP contribution >= 0.6 is 22.9 Å². The predicted octanol–water partition coefficient (Wildman–Crippen LogP) is 5.08. The molecule has 1 heterocycles. The van der Waals surface area contributed by atoms with Crippen LogP contribution in [0.4, 0.5) is 0 Å². The van der Waals surface area contributed by atoms with Crippen molar-refractivity contribution in [1.82, 2.24) is 5.32 Å². The van der Waals surface area contributed by atoms with Gasteiger partial charge in [-0.3, -0.25) is 0 Å². The van der Waals surface area contributed by atoms with Gasteiger partial charge in [-0.25, -0.2) is 0 Å². The number of rotatable bonds is 6. The van der Waals surface area contributed by atoms with E-state index < -0.39 is 0 Å². The highest BCUT2D eigenvalue weighted by atomic mass is 35.5. The van der Waals surface area contributed by atoms with E-state index in [9.17, 15) is 0 Å². The summed E-state index contributed by atoms with van der Waals surface area (Å²) < 4.78 is 1.28. The summed E-state index contributed by atoms with van der Waals surface area (Å²) in [6.07, 6.45) is 2.52. The molecule has 0 spiro atoms. The number of hydrogen-bond donors (Lipinski definition) is 1. The highest BCUT2D eigenvalue weighted by molar-refractivity contribution is 7.19. The van der Waals surface area contributed by atoms with Crippen molar-refractivity contribution in [3.05, 3.63) is 34.2 Å². The lowest BCUT2D eigenvalue weighted by atomic mass is 10.1. The van der Waals surface area contributed by atoms with Crippen molar-refractivity contribution < 1.29 is 0 Å². The van der Waals surface area contributed by atoms with Crippen molar-refractivity contribution in [3.8, 4) is 0 Å². The number of hydrogen-bond acceptors (Lipinski definition) is 2. The molecule has 0 radical (unpaired) electrons. The highest BCUT2D eigenvalue weighted by Crippen LogP contribution is 2.34.